The summed E-state index contributed by atoms with van der Waals surface area (Å²) in [5.74, 6) is 2.17. The van der Waals surface area contributed by atoms with Gasteiger partial charge in [0.15, 0.2) is 0 Å². The van der Waals surface area contributed by atoms with Gasteiger partial charge in [0.2, 0.25) is 0 Å². The second-order valence-corrected chi connectivity index (χ2v) is 6.11. The molecule has 1 aliphatic heterocycles. The summed E-state index contributed by atoms with van der Waals surface area (Å²) < 4.78 is 4.59. The Morgan fingerprint density at radius 3 is 2.62 bits per heavy atom. The maximum absolute atomic E-state index is 2.52. The average molecular weight is 337 g/mol. The van der Waals surface area contributed by atoms with Crippen LogP contribution < -0.4 is 21.2 Å². The zero-order valence-electron chi connectivity index (χ0n) is 5.03. The molecule has 8 heavy (non-hydrogen) atoms. The number of hydrogen-bond acceptors (Lipinski definition) is 0. The van der Waals surface area contributed by atoms with Crippen LogP contribution in [-0.4, -0.2) is 13.3 Å². The Hall–Kier alpha value is 1.46. The van der Waals surface area contributed by atoms with Gasteiger partial charge in [-0.2, -0.15) is 0 Å². The predicted molar refractivity (Wildman–Crippen MR) is 41.3 cm³/mol. The van der Waals surface area contributed by atoms with Gasteiger partial charge in [-0.25, -0.2) is 0 Å². The normalized spacial score (nSPS) is 39.2. The van der Waals surface area contributed by atoms with Crippen molar-refractivity contribution in [1.82, 2.24) is 0 Å². The van der Waals surface area contributed by atoms with Gasteiger partial charge in [0.25, 0.3) is 0 Å². The molecule has 0 aromatic heterocycles. The van der Waals surface area contributed by atoms with E-state index in [1.54, 1.807) is 8.86 Å². The van der Waals surface area contributed by atoms with Crippen LogP contribution in [0.5, 0.6) is 0 Å². The third-order valence-corrected chi connectivity index (χ3v) is 6.56. The summed E-state index contributed by atoms with van der Waals surface area (Å²) in [6, 6.07) is 0. The van der Waals surface area contributed by atoms with Crippen molar-refractivity contribution in [3.63, 3.8) is 0 Å². The van der Waals surface area contributed by atoms with Gasteiger partial charge in [-0.15, -0.1) is 0 Å². The SMILES string of the molecule is CC1C[I-]CC1CI. The van der Waals surface area contributed by atoms with Gasteiger partial charge in [0.05, 0.1) is 0 Å². The number of hydrogen-bond donors (Lipinski definition) is 0. The van der Waals surface area contributed by atoms with E-state index >= 15 is 0 Å². The fourth-order valence-corrected chi connectivity index (χ4v) is 7.26. The van der Waals surface area contributed by atoms with E-state index in [1.165, 1.54) is 4.43 Å². The van der Waals surface area contributed by atoms with E-state index in [4.69, 9.17) is 0 Å². The minimum absolute atomic E-state index is 0.651. The summed E-state index contributed by atoms with van der Waals surface area (Å²) in [5.41, 5.74) is 0. The zero-order chi connectivity index (χ0) is 5.98. The van der Waals surface area contributed by atoms with Crippen LogP contribution in [0.1, 0.15) is 6.92 Å². The fourth-order valence-electron chi connectivity index (χ4n) is 0.847. The van der Waals surface area contributed by atoms with Crippen molar-refractivity contribution in [3.8, 4) is 0 Å². The van der Waals surface area contributed by atoms with Crippen molar-refractivity contribution in [2.75, 3.05) is 13.3 Å². The van der Waals surface area contributed by atoms with E-state index in [0.717, 1.165) is 11.8 Å². The van der Waals surface area contributed by atoms with E-state index in [-0.39, 0.29) is 0 Å². The first-order valence-corrected chi connectivity index (χ1v) is 7.51. The second kappa shape index (κ2) is 3.58. The Morgan fingerprint density at radius 1 is 1.62 bits per heavy atom. The van der Waals surface area contributed by atoms with Crippen molar-refractivity contribution in [3.05, 3.63) is 0 Å². The van der Waals surface area contributed by atoms with Crippen molar-refractivity contribution in [1.29, 1.82) is 0 Å². The molecular formula is C6H11I2-. The van der Waals surface area contributed by atoms with Crippen molar-refractivity contribution >= 4 is 22.6 Å². The molecule has 1 heterocycles. The van der Waals surface area contributed by atoms with Gasteiger partial charge in [-0.3, -0.25) is 0 Å². The molecule has 0 spiro atoms. The fraction of sp³-hybridized carbons (Fsp3) is 1.00. The molecule has 0 aromatic rings. The quantitative estimate of drug-likeness (QED) is 0.416. The summed E-state index contributed by atoms with van der Waals surface area (Å²) in [6.07, 6.45) is 0. The second-order valence-electron chi connectivity index (χ2n) is 2.39. The van der Waals surface area contributed by atoms with E-state index in [0.29, 0.717) is 21.2 Å². The number of rotatable bonds is 1. The molecule has 0 radical (unpaired) electrons. The summed E-state index contributed by atoms with van der Waals surface area (Å²) in [6.45, 7) is 2.41. The topological polar surface area (TPSA) is 0 Å². The molecule has 1 rings (SSSR count). The first-order chi connectivity index (χ1) is 3.84. The van der Waals surface area contributed by atoms with Gasteiger partial charge in [0, 0.05) is 0 Å². The zero-order valence-corrected chi connectivity index (χ0v) is 9.35. The minimum atomic E-state index is 0.651. The molecule has 1 aliphatic rings. The van der Waals surface area contributed by atoms with Crippen LogP contribution in [0.4, 0.5) is 0 Å². The molecule has 0 aromatic carbocycles. The van der Waals surface area contributed by atoms with Gasteiger partial charge in [-0.05, 0) is 0 Å². The number of alkyl halides is 3. The van der Waals surface area contributed by atoms with Crippen molar-refractivity contribution in [2.45, 2.75) is 6.92 Å². The van der Waals surface area contributed by atoms with Gasteiger partial charge in [0.1, 0.15) is 0 Å². The molecule has 0 amide bonds. The van der Waals surface area contributed by atoms with Gasteiger partial charge < -0.3 is 0 Å². The van der Waals surface area contributed by atoms with Crippen LogP contribution in [0.3, 0.4) is 0 Å². The Balaban J connectivity index is 2.30. The molecular weight excluding hydrogens is 326 g/mol. The standard InChI is InChI=1S/C6H11I2/c1-5-3-8-4-6(5)2-7/h5-6H,2-4H2,1H3/q-1. The molecule has 50 valence electrons. The summed E-state index contributed by atoms with van der Waals surface area (Å²) in [5, 5.41) is 0. The van der Waals surface area contributed by atoms with E-state index < -0.39 is 0 Å². The molecule has 0 N–H and O–H groups in total. The van der Waals surface area contributed by atoms with E-state index in [1.807, 2.05) is 0 Å². The van der Waals surface area contributed by atoms with Crippen LogP contribution in [0, 0.1) is 11.8 Å². The Labute approximate surface area is 75.2 Å². The Morgan fingerprint density at radius 2 is 2.38 bits per heavy atom. The van der Waals surface area contributed by atoms with Gasteiger partial charge >= 0.3 is 75.8 Å². The molecule has 0 saturated carbocycles. The molecule has 2 atom stereocenters. The van der Waals surface area contributed by atoms with Crippen LogP contribution >= 0.6 is 22.6 Å². The predicted octanol–water partition coefficient (Wildman–Crippen LogP) is -1.22. The summed E-state index contributed by atoms with van der Waals surface area (Å²) in [7, 11) is 0. The Kier molecular flexibility index (Phi) is 3.39. The van der Waals surface area contributed by atoms with Gasteiger partial charge in [-0.1, -0.05) is 0 Å². The monoisotopic (exact) mass is 337 g/mol. The Bertz CT molecular complexity index is 72.9. The van der Waals surface area contributed by atoms with Crippen LogP contribution in [0.15, 0.2) is 0 Å². The van der Waals surface area contributed by atoms with Crippen molar-refractivity contribution < 1.29 is 21.2 Å². The molecule has 0 aliphatic carbocycles. The van der Waals surface area contributed by atoms with E-state index in [9.17, 15) is 0 Å². The molecule has 1 saturated heterocycles. The van der Waals surface area contributed by atoms with Crippen LogP contribution in [0.25, 0.3) is 0 Å². The molecule has 2 heteroatoms. The third kappa shape index (κ3) is 1.72. The van der Waals surface area contributed by atoms with E-state index in [2.05, 4.69) is 29.5 Å². The average Bonchev–Trinajstić information content (AvgIpc) is 2.14. The van der Waals surface area contributed by atoms with Crippen molar-refractivity contribution in [2.24, 2.45) is 11.8 Å². The molecule has 0 nitrogen and oxygen atoms in total. The first kappa shape index (κ1) is 7.57. The molecule has 1 fully saturated rings. The third-order valence-electron chi connectivity index (χ3n) is 1.66. The van der Waals surface area contributed by atoms with Crippen LogP contribution in [-0.2, 0) is 0 Å². The summed E-state index contributed by atoms with van der Waals surface area (Å²) >= 11 is 3.17. The summed E-state index contributed by atoms with van der Waals surface area (Å²) in [4.78, 5) is 0. The molecule has 2 unspecified atom stereocenters. The molecule has 0 bridgehead atoms. The maximum atomic E-state index is 2.52. The number of halogens is 2. The van der Waals surface area contributed by atoms with Crippen LogP contribution in [0.2, 0.25) is 0 Å². The first-order valence-electron chi connectivity index (χ1n) is 2.94.